The molecular formula is C11H17N3O2. The molecule has 1 heterocycles. The van der Waals surface area contributed by atoms with Gasteiger partial charge in [0.05, 0.1) is 0 Å². The molecule has 1 saturated carbocycles. The summed E-state index contributed by atoms with van der Waals surface area (Å²) in [5.74, 6) is 0.488. The lowest BCUT2D eigenvalue weighted by Gasteiger charge is -2.10. The molecule has 0 bridgehead atoms. The zero-order valence-corrected chi connectivity index (χ0v) is 9.48. The Morgan fingerprint density at radius 3 is 2.69 bits per heavy atom. The molecule has 0 radical (unpaired) electrons. The quantitative estimate of drug-likeness (QED) is 0.803. The molecule has 1 aromatic heterocycles. The van der Waals surface area contributed by atoms with Crippen LogP contribution in [0.4, 0.5) is 5.69 Å². The van der Waals surface area contributed by atoms with Gasteiger partial charge in [-0.1, -0.05) is 6.92 Å². The van der Waals surface area contributed by atoms with Crippen LogP contribution in [-0.2, 0) is 13.1 Å². The number of rotatable bonds is 4. The number of nitrogens with two attached hydrogens (primary N) is 1. The molecule has 2 N–H and O–H groups in total. The third kappa shape index (κ3) is 2.03. The average Bonchev–Trinajstić information content (AvgIpc) is 3.05. The van der Waals surface area contributed by atoms with Crippen LogP contribution < -0.4 is 17.0 Å². The normalized spacial score (nSPS) is 15.3. The molecule has 1 aliphatic carbocycles. The maximum Gasteiger partial charge on any atom is 0.331 e. The van der Waals surface area contributed by atoms with Crippen molar-refractivity contribution in [3.05, 3.63) is 27.0 Å². The van der Waals surface area contributed by atoms with E-state index in [1.54, 1.807) is 0 Å². The van der Waals surface area contributed by atoms with Crippen LogP contribution in [0.15, 0.2) is 15.8 Å². The molecule has 1 aromatic rings. The van der Waals surface area contributed by atoms with Gasteiger partial charge in [-0.3, -0.25) is 13.9 Å². The van der Waals surface area contributed by atoms with E-state index < -0.39 is 0 Å². The summed E-state index contributed by atoms with van der Waals surface area (Å²) in [7, 11) is 0. The zero-order valence-electron chi connectivity index (χ0n) is 9.48. The summed E-state index contributed by atoms with van der Waals surface area (Å²) in [6, 6.07) is 0. The molecule has 5 heteroatoms. The van der Waals surface area contributed by atoms with Gasteiger partial charge < -0.3 is 5.73 Å². The second-order valence-electron chi connectivity index (χ2n) is 4.42. The lowest BCUT2D eigenvalue weighted by molar-refractivity contribution is 0.522. The molecule has 0 unspecified atom stereocenters. The molecule has 0 aromatic carbocycles. The predicted molar refractivity (Wildman–Crippen MR) is 62.4 cm³/mol. The Bertz CT molecular complexity index is 497. The molecule has 1 aliphatic rings. The van der Waals surface area contributed by atoms with Gasteiger partial charge in [0.15, 0.2) is 0 Å². The second kappa shape index (κ2) is 4.15. The Morgan fingerprint density at radius 2 is 2.12 bits per heavy atom. The van der Waals surface area contributed by atoms with Gasteiger partial charge in [0, 0.05) is 19.3 Å². The highest BCUT2D eigenvalue weighted by Crippen LogP contribution is 2.29. The molecule has 0 saturated heterocycles. The van der Waals surface area contributed by atoms with Crippen molar-refractivity contribution in [2.45, 2.75) is 39.3 Å². The van der Waals surface area contributed by atoms with Crippen molar-refractivity contribution >= 4 is 5.69 Å². The van der Waals surface area contributed by atoms with Crippen molar-refractivity contribution in [1.29, 1.82) is 0 Å². The van der Waals surface area contributed by atoms with Crippen molar-refractivity contribution in [2.24, 2.45) is 5.92 Å². The zero-order chi connectivity index (χ0) is 11.7. The van der Waals surface area contributed by atoms with Gasteiger partial charge in [-0.15, -0.1) is 0 Å². The molecule has 16 heavy (non-hydrogen) atoms. The molecule has 0 amide bonds. The van der Waals surface area contributed by atoms with Crippen LogP contribution in [0.5, 0.6) is 0 Å². The van der Waals surface area contributed by atoms with Crippen molar-refractivity contribution in [1.82, 2.24) is 9.13 Å². The number of hydrogen-bond acceptors (Lipinski definition) is 3. The van der Waals surface area contributed by atoms with Gasteiger partial charge in [0.1, 0.15) is 5.69 Å². The van der Waals surface area contributed by atoms with Gasteiger partial charge >= 0.3 is 5.69 Å². The first-order chi connectivity index (χ1) is 7.63. The summed E-state index contributed by atoms with van der Waals surface area (Å²) < 4.78 is 2.81. The SMILES string of the molecule is CCCn1cc(N)c(=O)n(CC2CC2)c1=O. The lowest BCUT2D eigenvalue weighted by Crippen LogP contribution is -2.41. The van der Waals surface area contributed by atoms with Crippen LogP contribution in [0, 0.1) is 5.92 Å². The van der Waals surface area contributed by atoms with Crippen LogP contribution in [-0.4, -0.2) is 9.13 Å². The monoisotopic (exact) mass is 223 g/mol. The number of aromatic nitrogens is 2. The van der Waals surface area contributed by atoms with E-state index in [1.807, 2.05) is 6.92 Å². The fourth-order valence-corrected chi connectivity index (χ4v) is 1.80. The second-order valence-corrected chi connectivity index (χ2v) is 4.42. The Morgan fingerprint density at radius 1 is 1.44 bits per heavy atom. The highest BCUT2D eigenvalue weighted by Gasteiger charge is 2.24. The molecule has 0 aliphatic heterocycles. The minimum Gasteiger partial charge on any atom is -0.393 e. The molecule has 0 spiro atoms. The lowest BCUT2D eigenvalue weighted by atomic mass is 10.4. The van der Waals surface area contributed by atoms with Crippen LogP contribution in [0.3, 0.4) is 0 Å². The van der Waals surface area contributed by atoms with E-state index in [1.165, 1.54) is 15.3 Å². The Kier molecular flexibility index (Phi) is 2.85. The van der Waals surface area contributed by atoms with Gasteiger partial charge in [0.25, 0.3) is 5.56 Å². The first kappa shape index (κ1) is 11.0. The summed E-state index contributed by atoms with van der Waals surface area (Å²) >= 11 is 0. The van der Waals surface area contributed by atoms with Crippen molar-refractivity contribution in [3.63, 3.8) is 0 Å². The summed E-state index contributed by atoms with van der Waals surface area (Å²) in [4.78, 5) is 23.7. The summed E-state index contributed by atoms with van der Waals surface area (Å²) in [6.45, 7) is 3.11. The Balaban J connectivity index is 2.46. The van der Waals surface area contributed by atoms with Gasteiger partial charge in [0.2, 0.25) is 0 Å². The first-order valence-electron chi connectivity index (χ1n) is 5.73. The molecule has 5 nitrogen and oxygen atoms in total. The third-order valence-electron chi connectivity index (χ3n) is 2.87. The van der Waals surface area contributed by atoms with E-state index in [4.69, 9.17) is 5.73 Å². The van der Waals surface area contributed by atoms with Crippen molar-refractivity contribution < 1.29 is 0 Å². The molecular weight excluding hydrogens is 206 g/mol. The summed E-state index contributed by atoms with van der Waals surface area (Å²) in [5, 5.41) is 0. The van der Waals surface area contributed by atoms with Crippen LogP contribution >= 0.6 is 0 Å². The minimum absolute atomic E-state index is 0.161. The van der Waals surface area contributed by atoms with Crippen LogP contribution in [0.25, 0.3) is 0 Å². The molecule has 2 rings (SSSR count). The largest absolute Gasteiger partial charge is 0.393 e. The van der Waals surface area contributed by atoms with Gasteiger partial charge in [-0.05, 0) is 25.2 Å². The fourth-order valence-electron chi connectivity index (χ4n) is 1.80. The van der Waals surface area contributed by atoms with Gasteiger partial charge in [-0.25, -0.2) is 4.79 Å². The van der Waals surface area contributed by atoms with Crippen LogP contribution in [0.1, 0.15) is 26.2 Å². The van der Waals surface area contributed by atoms with E-state index in [0.717, 1.165) is 19.3 Å². The highest BCUT2D eigenvalue weighted by atomic mass is 16.2. The fraction of sp³-hybridized carbons (Fsp3) is 0.636. The van der Waals surface area contributed by atoms with Crippen LogP contribution in [0.2, 0.25) is 0 Å². The first-order valence-corrected chi connectivity index (χ1v) is 5.73. The van der Waals surface area contributed by atoms with E-state index in [-0.39, 0.29) is 16.9 Å². The number of nitrogen functional groups attached to an aromatic ring is 1. The van der Waals surface area contributed by atoms with E-state index >= 15 is 0 Å². The maximum absolute atomic E-state index is 12.0. The van der Waals surface area contributed by atoms with E-state index in [9.17, 15) is 9.59 Å². The smallest absolute Gasteiger partial charge is 0.331 e. The predicted octanol–water partition coefficient (Wildman–Crippen LogP) is 0.412. The van der Waals surface area contributed by atoms with Crippen molar-refractivity contribution in [2.75, 3.05) is 5.73 Å². The molecule has 1 fully saturated rings. The minimum atomic E-state index is -0.343. The number of aryl methyl sites for hydroxylation is 1. The Hall–Kier alpha value is -1.52. The highest BCUT2D eigenvalue weighted by molar-refractivity contribution is 5.31. The molecule has 88 valence electrons. The van der Waals surface area contributed by atoms with Crippen molar-refractivity contribution in [3.8, 4) is 0 Å². The topological polar surface area (TPSA) is 70.0 Å². The molecule has 0 atom stereocenters. The Labute approximate surface area is 93.5 Å². The maximum atomic E-state index is 12.0. The number of nitrogens with zero attached hydrogens (tertiary/aromatic N) is 2. The average molecular weight is 223 g/mol. The third-order valence-corrected chi connectivity index (χ3v) is 2.87. The van der Waals surface area contributed by atoms with E-state index in [2.05, 4.69) is 0 Å². The number of anilines is 1. The summed E-state index contributed by atoms with van der Waals surface area (Å²) in [5.41, 5.74) is 5.21. The summed E-state index contributed by atoms with van der Waals surface area (Å²) in [6.07, 6.45) is 4.52. The van der Waals surface area contributed by atoms with E-state index in [0.29, 0.717) is 19.0 Å². The number of hydrogen-bond donors (Lipinski definition) is 1. The standard InChI is InChI=1S/C11H17N3O2/c1-2-5-13-7-9(12)10(15)14(11(13)16)6-8-3-4-8/h7-8H,2-6,12H2,1H3. The van der Waals surface area contributed by atoms with Gasteiger partial charge in [-0.2, -0.15) is 0 Å².